The molecule has 2 aromatic rings. The van der Waals surface area contributed by atoms with Crippen LogP contribution in [0.2, 0.25) is 0 Å². The first kappa shape index (κ1) is 14.1. The molecule has 0 N–H and O–H groups in total. The molecular formula is C15H13BrINO2. The summed E-state index contributed by atoms with van der Waals surface area (Å²) in [5.74, 6) is 0.907. The zero-order valence-corrected chi connectivity index (χ0v) is 14.4. The normalized spacial score (nSPS) is 14.3. The molecule has 0 atom stereocenters. The first-order valence-corrected chi connectivity index (χ1v) is 8.31. The third-order valence-corrected chi connectivity index (χ3v) is 4.75. The number of rotatable bonds is 4. The van der Waals surface area contributed by atoms with Gasteiger partial charge in [0.25, 0.3) is 5.91 Å². The Bertz CT molecular complexity index is 623. The van der Waals surface area contributed by atoms with E-state index in [2.05, 4.69) is 38.5 Å². The first-order valence-electron chi connectivity index (χ1n) is 6.43. The van der Waals surface area contributed by atoms with Crippen molar-refractivity contribution in [3.63, 3.8) is 0 Å². The number of carbonyl (C=O) groups is 1. The number of nitrogens with zero attached hydrogens (tertiary/aromatic N) is 1. The van der Waals surface area contributed by atoms with Crippen molar-refractivity contribution in [2.24, 2.45) is 0 Å². The third kappa shape index (κ3) is 3.09. The van der Waals surface area contributed by atoms with Gasteiger partial charge in [0.05, 0.1) is 18.4 Å². The molecule has 1 heterocycles. The van der Waals surface area contributed by atoms with Gasteiger partial charge in [-0.2, -0.15) is 0 Å². The summed E-state index contributed by atoms with van der Waals surface area (Å²) in [5.41, 5.74) is 0.749. The van der Waals surface area contributed by atoms with Crippen molar-refractivity contribution in [3.05, 3.63) is 56.0 Å². The quantitative estimate of drug-likeness (QED) is 0.651. The van der Waals surface area contributed by atoms with Gasteiger partial charge in [-0.05, 0) is 65.8 Å². The minimum atomic E-state index is 0.0783. The summed E-state index contributed by atoms with van der Waals surface area (Å²) in [6.45, 7) is 0.541. The van der Waals surface area contributed by atoms with Crippen LogP contribution in [0.15, 0.2) is 45.5 Å². The number of halogens is 2. The van der Waals surface area contributed by atoms with Crippen LogP contribution in [0.5, 0.6) is 0 Å². The highest BCUT2D eigenvalue weighted by atomic mass is 127. The second-order valence-electron chi connectivity index (χ2n) is 4.87. The van der Waals surface area contributed by atoms with E-state index in [1.165, 1.54) is 0 Å². The predicted molar refractivity (Wildman–Crippen MR) is 88.5 cm³/mol. The van der Waals surface area contributed by atoms with Crippen molar-refractivity contribution >= 4 is 44.4 Å². The maximum absolute atomic E-state index is 12.8. The zero-order valence-electron chi connectivity index (χ0n) is 10.7. The van der Waals surface area contributed by atoms with Crippen LogP contribution in [0, 0.1) is 3.57 Å². The lowest BCUT2D eigenvalue weighted by Gasteiger charge is -2.22. The summed E-state index contributed by atoms with van der Waals surface area (Å²) >= 11 is 5.64. The zero-order chi connectivity index (χ0) is 14.1. The van der Waals surface area contributed by atoms with E-state index < -0.39 is 0 Å². The van der Waals surface area contributed by atoms with Gasteiger partial charge in [0.1, 0.15) is 5.76 Å². The van der Waals surface area contributed by atoms with Crippen LogP contribution in [0.1, 0.15) is 29.0 Å². The fourth-order valence-corrected chi connectivity index (χ4v) is 3.07. The molecule has 0 radical (unpaired) electrons. The highest BCUT2D eigenvalue weighted by Gasteiger charge is 2.34. The van der Waals surface area contributed by atoms with Crippen molar-refractivity contribution < 1.29 is 9.21 Å². The van der Waals surface area contributed by atoms with Crippen molar-refractivity contribution in [1.29, 1.82) is 0 Å². The van der Waals surface area contributed by atoms with E-state index in [1.807, 2.05) is 35.2 Å². The Kier molecular flexibility index (Phi) is 4.16. The van der Waals surface area contributed by atoms with Crippen LogP contribution in [0.25, 0.3) is 0 Å². The smallest absolute Gasteiger partial charge is 0.255 e. The van der Waals surface area contributed by atoms with E-state index in [0.29, 0.717) is 12.6 Å². The molecule has 0 aliphatic heterocycles. The summed E-state index contributed by atoms with van der Waals surface area (Å²) < 4.78 is 7.28. The van der Waals surface area contributed by atoms with Crippen LogP contribution in [-0.2, 0) is 6.54 Å². The van der Waals surface area contributed by atoms with Gasteiger partial charge in [-0.15, -0.1) is 0 Å². The molecule has 1 saturated carbocycles. The second kappa shape index (κ2) is 5.89. The maximum Gasteiger partial charge on any atom is 0.255 e. The van der Waals surface area contributed by atoms with Gasteiger partial charge in [0.15, 0.2) is 0 Å². The molecule has 0 saturated heterocycles. The van der Waals surface area contributed by atoms with Gasteiger partial charge in [-0.3, -0.25) is 4.79 Å². The molecule has 0 unspecified atom stereocenters. The minimum absolute atomic E-state index is 0.0783. The molecule has 0 spiro atoms. The van der Waals surface area contributed by atoms with Gasteiger partial charge in [-0.25, -0.2) is 0 Å². The monoisotopic (exact) mass is 445 g/mol. The lowest BCUT2D eigenvalue weighted by atomic mass is 10.2. The lowest BCUT2D eigenvalue weighted by molar-refractivity contribution is 0.0716. The first-order chi connectivity index (χ1) is 9.65. The highest BCUT2D eigenvalue weighted by molar-refractivity contribution is 14.1. The molecule has 1 aromatic heterocycles. The summed E-state index contributed by atoms with van der Waals surface area (Å²) in [4.78, 5) is 14.7. The van der Waals surface area contributed by atoms with Gasteiger partial charge < -0.3 is 9.32 Å². The van der Waals surface area contributed by atoms with Crippen molar-refractivity contribution in [2.75, 3.05) is 0 Å². The second-order valence-corrected chi connectivity index (χ2v) is 6.95. The van der Waals surface area contributed by atoms with Crippen LogP contribution in [0.3, 0.4) is 0 Å². The number of hydrogen-bond donors (Lipinski definition) is 0. The van der Waals surface area contributed by atoms with E-state index in [0.717, 1.165) is 32.2 Å². The Morgan fingerprint density at radius 3 is 2.85 bits per heavy atom. The maximum atomic E-state index is 12.8. The standard InChI is InChI=1S/C15H13BrINO2/c16-10-3-6-14(17)13(8-10)15(19)18(11-4-5-11)9-12-2-1-7-20-12/h1-3,6-8,11H,4-5,9H2. The SMILES string of the molecule is O=C(c1cc(Br)ccc1I)N(Cc1ccco1)C1CC1. The van der Waals surface area contributed by atoms with Gasteiger partial charge in [0, 0.05) is 14.1 Å². The molecule has 1 fully saturated rings. The lowest BCUT2D eigenvalue weighted by Crippen LogP contribution is -2.33. The van der Waals surface area contributed by atoms with E-state index >= 15 is 0 Å². The molecule has 104 valence electrons. The van der Waals surface area contributed by atoms with E-state index in [-0.39, 0.29) is 5.91 Å². The third-order valence-electron chi connectivity index (χ3n) is 3.31. The van der Waals surface area contributed by atoms with E-state index in [1.54, 1.807) is 6.26 Å². The highest BCUT2D eigenvalue weighted by Crippen LogP contribution is 2.31. The minimum Gasteiger partial charge on any atom is -0.467 e. The Hall–Kier alpha value is -0.820. The number of hydrogen-bond acceptors (Lipinski definition) is 2. The molecular weight excluding hydrogens is 433 g/mol. The summed E-state index contributed by atoms with van der Waals surface area (Å²) in [6, 6.07) is 9.91. The van der Waals surface area contributed by atoms with Gasteiger partial charge in [0.2, 0.25) is 0 Å². The largest absolute Gasteiger partial charge is 0.467 e. The fraction of sp³-hybridized carbons (Fsp3) is 0.267. The van der Waals surface area contributed by atoms with Gasteiger partial charge in [-0.1, -0.05) is 15.9 Å². The number of amides is 1. The summed E-state index contributed by atoms with van der Waals surface area (Å²) in [6.07, 6.45) is 3.81. The molecule has 0 bridgehead atoms. The molecule has 1 aromatic carbocycles. The number of furan rings is 1. The average Bonchev–Trinajstić information content (AvgIpc) is 3.15. The van der Waals surface area contributed by atoms with E-state index in [9.17, 15) is 4.79 Å². The summed E-state index contributed by atoms with van der Waals surface area (Å²) in [7, 11) is 0. The van der Waals surface area contributed by atoms with Crippen molar-refractivity contribution in [3.8, 4) is 0 Å². The Morgan fingerprint density at radius 1 is 1.40 bits per heavy atom. The van der Waals surface area contributed by atoms with Crippen LogP contribution >= 0.6 is 38.5 Å². The molecule has 1 aliphatic rings. The molecule has 5 heteroatoms. The van der Waals surface area contributed by atoms with Crippen molar-refractivity contribution in [1.82, 2.24) is 4.90 Å². The van der Waals surface area contributed by atoms with Crippen LogP contribution < -0.4 is 0 Å². The van der Waals surface area contributed by atoms with E-state index in [4.69, 9.17) is 4.42 Å². The Balaban J connectivity index is 1.87. The molecule has 3 nitrogen and oxygen atoms in total. The summed E-state index contributed by atoms with van der Waals surface area (Å²) in [5, 5.41) is 0. The fourth-order valence-electron chi connectivity index (χ4n) is 2.14. The van der Waals surface area contributed by atoms with Crippen LogP contribution in [0.4, 0.5) is 0 Å². The number of carbonyl (C=O) groups excluding carboxylic acids is 1. The van der Waals surface area contributed by atoms with Gasteiger partial charge >= 0.3 is 0 Å². The number of benzene rings is 1. The Morgan fingerprint density at radius 2 is 2.20 bits per heavy atom. The molecule has 1 amide bonds. The Labute approximate surface area is 139 Å². The predicted octanol–water partition coefficient (Wildman–Crippen LogP) is 4.45. The average molecular weight is 446 g/mol. The topological polar surface area (TPSA) is 33.5 Å². The molecule has 20 heavy (non-hydrogen) atoms. The molecule has 1 aliphatic carbocycles. The molecule has 3 rings (SSSR count). The van der Waals surface area contributed by atoms with Crippen LogP contribution in [-0.4, -0.2) is 16.8 Å². The van der Waals surface area contributed by atoms with Crippen molar-refractivity contribution in [2.45, 2.75) is 25.4 Å².